The zero-order valence-corrected chi connectivity index (χ0v) is 12.5. The number of hydrogen-bond acceptors (Lipinski definition) is 3. The van der Waals surface area contributed by atoms with E-state index in [4.69, 9.17) is 4.74 Å². The molecule has 0 unspecified atom stereocenters. The van der Waals surface area contributed by atoms with Gasteiger partial charge in [-0.2, -0.15) is 0 Å². The Hall–Kier alpha value is -2.62. The Bertz CT molecular complexity index is 748. The summed E-state index contributed by atoms with van der Waals surface area (Å²) in [4.78, 5) is 14.1. The van der Waals surface area contributed by atoms with Crippen molar-refractivity contribution in [2.24, 2.45) is 0 Å². The van der Waals surface area contributed by atoms with Gasteiger partial charge in [0.2, 0.25) is 0 Å². The van der Waals surface area contributed by atoms with Crippen LogP contribution in [0.5, 0.6) is 0 Å². The highest BCUT2D eigenvalue weighted by atomic mass is 19.1. The van der Waals surface area contributed by atoms with Crippen LogP contribution >= 0.6 is 0 Å². The fraction of sp³-hybridized carbons (Fsp3) is 0.167. The summed E-state index contributed by atoms with van der Waals surface area (Å²) in [6, 6.07) is 14.0. The summed E-state index contributed by atoms with van der Waals surface area (Å²) in [5.41, 5.74) is 3.23. The van der Waals surface area contributed by atoms with Crippen LogP contribution in [0, 0.1) is 5.82 Å². The predicted octanol–water partition coefficient (Wildman–Crippen LogP) is 3.36. The second-order valence-corrected chi connectivity index (χ2v) is 5.35. The Morgan fingerprint density at radius 2 is 1.73 bits per heavy atom. The quantitative estimate of drug-likeness (QED) is 0.814. The van der Waals surface area contributed by atoms with Crippen molar-refractivity contribution in [3.63, 3.8) is 0 Å². The third-order valence-electron chi connectivity index (χ3n) is 3.72. The largest absolute Gasteiger partial charge is 0.457 e. The van der Waals surface area contributed by atoms with Crippen LogP contribution in [0.2, 0.25) is 0 Å². The third-order valence-corrected chi connectivity index (χ3v) is 3.72. The molecule has 2 aromatic carbocycles. The van der Waals surface area contributed by atoms with Gasteiger partial charge in [-0.05, 0) is 23.8 Å². The Balaban J connectivity index is 2.10. The Morgan fingerprint density at radius 1 is 1.05 bits per heavy atom. The number of hydrogen-bond donors (Lipinski definition) is 0. The van der Waals surface area contributed by atoms with Crippen LogP contribution in [0.3, 0.4) is 0 Å². The average molecular weight is 297 g/mol. The van der Waals surface area contributed by atoms with E-state index >= 15 is 0 Å². The monoisotopic (exact) mass is 297 g/mol. The molecular weight excluding hydrogens is 281 g/mol. The van der Waals surface area contributed by atoms with Gasteiger partial charge in [0, 0.05) is 30.9 Å². The molecule has 0 radical (unpaired) electrons. The first kappa shape index (κ1) is 14.3. The predicted molar refractivity (Wildman–Crippen MR) is 84.9 cm³/mol. The van der Waals surface area contributed by atoms with Crippen molar-refractivity contribution in [3.8, 4) is 0 Å². The normalized spacial score (nSPS) is 14.2. The summed E-state index contributed by atoms with van der Waals surface area (Å²) in [5.74, 6) is -0.755. The summed E-state index contributed by atoms with van der Waals surface area (Å²) < 4.78 is 19.1. The van der Waals surface area contributed by atoms with Gasteiger partial charge in [-0.25, -0.2) is 9.18 Å². The van der Waals surface area contributed by atoms with E-state index in [0.29, 0.717) is 16.7 Å². The number of nitrogens with zero attached hydrogens (tertiary/aromatic N) is 1. The number of cyclic esters (lactones) is 1. The fourth-order valence-electron chi connectivity index (χ4n) is 2.54. The van der Waals surface area contributed by atoms with Crippen molar-refractivity contribution in [2.75, 3.05) is 25.6 Å². The smallest absolute Gasteiger partial charge is 0.339 e. The molecule has 0 amide bonds. The molecular formula is C18H16FNO2. The second kappa shape index (κ2) is 5.64. The number of benzene rings is 2. The van der Waals surface area contributed by atoms with Crippen LogP contribution in [0.4, 0.5) is 10.1 Å². The average Bonchev–Trinajstić information content (AvgIpc) is 2.89. The molecule has 1 aliphatic heterocycles. The number of carbonyl (C=O) groups is 1. The maximum atomic E-state index is 14.0. The first-order valence-electron chi connectivity index (χ1n) is 7.01. The van der Waals surface area contributed by atoms with Crippen molar-refractivity contribution in [3.05, 3.63) is 65.5 Å². The Labute approximate surface area is 128 Å². The molecule has 0 aromatic heterocycles. The van der Waals surface area contributed by atoms with Gasteiger partial charge in [0.05, 0.1) is 5.57 Å². The highest BCUT2D eigenvalue weighted by Gasteiger charge is 2.28. The molecule has 4 heteroatoms. The number of halogens is 1. The summed E-state index contributed by atoms with van der Waals surface area (Å²) in [6.45, 7) is 0.102. The van der Waals surface area contributed by atoms with Crippen LogP contribution in [0.15, 0.2) is 48.5 Å². The SMILES string of the molecule is CN(C)c1ccc(C2=C(c3ccccc3F)COC2=O)cc1. The van der Waals surface area contributed by atoms with Crippen molar-refractivity contribution >= 4 is 22.8 Å². The van der Waals surface area contributed by atoms with E-state index in [1.54, 1.807) is 18.2 Å². The van der Waals surface area contributed by atoms with Crippen LogP contribution in [0.1, 0.15) is 11.1 Å². The number of rotatable bonds is 3. The maximum Gasteiger partial charge on any atom is 0.339 e. The van der Waals surface area contributed by atoms with Gasteiger partial charge in [-0.15, -0.1) is 0 Å². The van der Waals surface area contributed by atoms with Gasteiger partial charge in [-0.1, -0.05) is 30.3 Å². The highest BCUT2D eigenvalue weighted by molar-refractivity contribution is 6.27. The lowest BCUT2D eigenvalue weighted by Gasteiger charge is -2.13. The molecule has 22 heavy (non-hydrogen) atoms. The lowest BCUT2D eigenvalue weighted by molar-refractivity contribution is -0.133. The third kappa shape index (κ3) is 2.48. The minimum atomic E-state index is -0.407. The van der Waals surface area contributed by atoms with E-state index in [-0.39, 0.29) is 12.4 Å². The molecule has 1 aliphatic rings. The van der Waals surface area contributed by atoms with Crippen LogP contribution in [0.25, 0.3) is 11.1 Å². The number of carbonyl (C=O) groups excluding carboxylic acids is 1. The van der Waals surface area contributed by atoms with Crippen molar-refractivity contribution in [2.45, 2.75) is 0 Å². The summed E-state index contributed by atoms with van der Waals surface area (Å²) in [5, 5.41) is 0. The molecule has 0 N–H and O–H groups in total. The minimum absolute atomic E-state index is 0.102. The van der Waals surface area contributed by atoms with Crippen LogP contribution in [-0.4, -0.2) is 26.7 Å². The summed E-state index contributed by atoms with van der Waals surface area (Å²) in [6.07, 6.45) is 0. The molecule has 0 saturated heterocycles. The first-order chi connectivity index (χ1) is 10.6. The molecule has 0 saturated carbocycles. The first-order valence-corrected chi connectivity index (χ1v) is 7.01. The second-order valence-electron chi connectivity index (χ2n) is 5.35. The topological polar surface area (TPSA) is 29.5 Å². The fourth-order valence-corrected chi connectivity index (χ4v) is 2.54. The molecule has 112 valence electrons. The molecule has 3 nitrogen and oxygen atoms in total. The number of esters is 1. The van der Waals surface area contributed by atoms with Crippen molar-refractivity contribution in [1.29, 1.82) is 0 Å². The molecule has 0 aliphatic carbocycles. The van der Waals surface area contributed by atoms with E-state index in [1.165, 1.54) is 6.07 Å². The Morgan fingerprint density at radius 3 is 2.36 bits per heavy atom. The van der Waals surface area contributed by atoms with E-state index in [9.17, 15) is 9.18 Å². The minimum Gasteiger partial charge on any atom is -0.457 e. The van der Waals surface area contributed by atoms with E-state index < -0.39 is 5.97 Å². The van der Waals surface area contributed by atoms with Crippen LogP contribution < -0.4 is 4.90 Å². The highest BCUT2D eigenvalue weighted by Crippen LogP contribution is 2.34. The molecule has 0 atom stereocenters. The van der Waals surface area contributed by atoms with Gasteiger partial charge in [0.15, 0.2) is 0 Å². The van der Waals surface area contributed by atoms with Gasteiger partial charge < -0.3 is 9.64 Å². The lowest BCUT2D eigenvalue weighted by Crippen LogP contribution is -2.08. The standard InChI is InChI=1S/C18H16FNO2/c1-20(2)13-9-7-12(8-10-13)17-15(11-22-18(17)21)14-5-3-4-6-16(14)19/h3-10H,11H2,1-2H3. The van der Waals surface area contributed by atoms with E-state index in [1.807, 2.05) is 43.3 Å². The lowest BCUT2D eigenvalue weighted by atomic mass is 9.96. The molecule has 1 heterocycles. The molecule has 2 aromatic rings. The molecule has 0 fully saturated rings. The van der Waals surface area contributed by atoms with Crippen molar-refractivity contribution < 1.29 is 13.9 Å². The molecule has 0 bridgehead atoms. The summed E-state index contributed by atoms with van der Waals surface area (Å²) in [7, 11) is 3.89. The zero-order valence-electron chi connectivity index (χ0n) is 12.5. The Kier molecular flexibility index (Phi) is 3.67. The van der Waals surface area contributed by atoms with Crippen LogP contribution in [-0.2, 0) is 9.53 Å². The molecule has 0 spiro atoms. The number of anilines is 1. The maximum absolute atomic E-state index is 14.0. The van der Waals surface area contributed by atoms with Crippen molar-refractivity contribution in [1.82, 2.24) is 0 Å². The summed E-state index contributed by atoms with van der Waals surface area (Å²) >= 11 is 0. The van der Waals surface area contributed by atoms with Gasteiger partial charge >= 0.3 is 5.97 Å². The van der Waals surface area contributed by atoms with E-state index in [2.05, 4.69) is 0 Å². The van der Waals surface area contributed by atoms with Gasteiger partial charge in [0.25, 0.3) is 0 Å². The molecule has 3 rings (SSSR count). The van der Waals surface area contributed by atoms with E-state index in [0.717, 1.165) is 11.3 Å². The van der Waals surface area contributed by atoms with Gasteiger partial charge in [-0.3, -0.25) is 0 Å². The number of ether oxygens (including phenoxy) is 1. The van der Waals surface area contributed by atoms with Gasteiger partial charge in [0.1, 0.15) is 12.4 Å². The zero-order chi connectivity index (χ0) is 15.7.